The first kappa shape index (κ1) is 10.7. The van der Waals surface area contributed by atoms with Gasteiger partial charge in [0.2, 0.25) is 0 Å². The van der Waals surface area contributed by atoms with Gasteiger partial charge >= 0.3 is 0 Å². The van der Waals surface area contributed by atoms with E-state index in [4.69, 9.17) is 4.42 Å². The predicted octanol–water partition coefficient (Wildman–Crippen LogP) is 2.10. The van der Waals surface area contributed by atoms with Crippen LogP contribution in [0.5, 0.6) is 0 Å². The van der Waals surface area contributed by atoms with Gasteiger partial charge in [0.05, 0.1) is 12.6 Å². The molecule has 1 fully saturated rings. The number of aldehydes is 1. The normalized spacial score (nSPS) is 17.9. The van der Waals surface area contributed by atoms with Gasteiger partial charge in [0.25, 0.3) is 0 Å². The molecule has 0 amide bonds. The number of rotatable bonds is 4. The average Bonchev–Trinajstić information content (AvgIpc) is 2.68. The van der Waals surface area contributed by atoms with Gasteiger partial charge in [-0.15, -0.1) is 0 Å². The minimum absolute atomic E-state index is 0.341. The van der Waals surface area contributed by atoms with Crippen LogP contribution in [0, 0.1) is 5.92 Å². The molecule has 3 nitrogen and oxygen atoms in total. The Bertz CT molecular complexity index is 318. The third-order valence-electron chi connectivity index (χ3n) is 2.69. The maximum absolute atomic E-state index is 10.3. The Morgan fingerprint density at radius 3 is 3.07 bits per heavy atom. The minimum atomic E-state index is 0.341. The molecule has 0 aromatic carbocycles. The number of carbonyl (C=O) groups excluding carboxylic acids is 1. The van der Waals surface area contributed by atoms with Crippen molar-refractivity contribution in [3.8, 4) is 0 Å². The summed E-state index contributed by atoms with van der Waals surface area (Å²) in [7, 11) is 0. The monoisotopic (exact) mass is 225 g/mol. The average molecular weight is 225 g/mol. The largest absolute Gasteiger partial charge is 0.445 e. The van der Waals surface area contributed by atoms with Crippen LogP contribution in [-0.2, 0) is 17.6 Å². The smallest absolute Gasteiger partial charge is 0.194 e. The van der Waals surface area contributed by atoms with E-state index in [1.807, 2.05) is 11.8 Å². The van der Waals surface area contributed by atoms with Crippen molar-refractivity contribution in [1.82, 2.24) is 4.98 Å². The van der Waals surface area contributed by atoms with E-state index >= 15 is 0 Å². The van der Waals surface area contributed by atoms with Crippen LogP contribution in [0.25, 0.3) is 0 Å². The molecule has 2 heterocycles. The van der Waals surface area contributed by atoms with Gasteiger partial charge in [-0.1, -0.05) is 0 Å². The summed E-state index contributed by atoms with van der Waals surface area (Å²) in [6, 6.07) is 0. The van der Waals surface area contributed by atoms with Crippen LogP contribution in [0.1, 0.15) is 24.5 Å². The van der Waals surface area contributed by atoms with Gasteiger partial charge in [0.15, 0.2) is 5.89 Å². The molecule has 1 aliphatic rings. The number of hydrogen-bond donors (Lipinski definition) is 0. The molecule has 4 heteroatoms. The lowest BCUT2D eigenvalue weighted by atomic mass is 9.99. The number of carbonyl (C=O) groups is 1. The van der Waals surface area contributed by atoms with E-state index in [1.54, 1.807) is 6.20 Å². The van der Waals surface area contributed by atoms with Crippen molar-refractivity contribution in [3.63, 3.8) is 0 Å². The lowest BCUT2D eigenvalue weighted by Crippen LogP contribution is -2.12. The summed E-state index contributed by atoms with van der Waals surface area (Å²) in [5, 5.41) is 0. The van der Waals surface area contributed by atoms with E-state index in [9.17, 15) is 4.79 Å². The van der Waals surface area contributed by atoms with Gasteiger partial charge in [-0.25, -0.2) is 4.98 Å². The van der Waals surface area contributed by atoms with Crippen LogP contribution >= 0.6 is 11.8 Å². The Labute approximate surface area is 93.6 Å². The van der Waals surface area contributed by atoms with Crippen molar-refractivity contribution in [2.75, 3.05) is 11.5 Å². The summed E-state index contributed by atoms with van der Waals surface area (Å²) in [5.74, 6) is 4.71. The highest BCUT2D eigenvalue weighted by Crippen LogP contribution is 2.25. The Kier molecular flexibility index (Phi) is 3.83. The van der Waals surface area contributed by atoms with Crippen molar-refractivity contribution >= 4 is 18.0 Å². The van der Waals surface area contributed by atoms with E-state index in [-0.39, 0.29) is 0 Å². The molecule has 1 aromatic rings. The van der Waals surface area contributed by atoms with Crippen molar-refractivity contribution in [2.45, 2.75) is 25.7 Å². The van der Waals surface area contributed by atoms with Crippen molar-refractivity contribution in [3.05, 3.63) is 17.8 Å². The Hall–Kier alpha value is -0.770. The van der Waals surface area contributed by atoms with Crippen LogP contribution in [0.3, 0.4) is 0 Å². The van der Waals surface area contributed by atoms with Crippen LogP contribution in [-0.4, -0.2) is 22.8 Å². The molecular formula is C11H15NO2S. The summed E-state index contributed by atoms with van der Waals surface area (Å²) in [5.41, 5.74) is 0. The fourth-order valence-corrected chi connectivity index (χ4v) is 3.02. The van der Waals surface area contributed by atoms with E-state index in [2.05, 4.69) is 4.98 Å². The van der Waals surface area contributed by atoms with Crippen LogP contribution < -0.4 is 0 Å². The molecule has 0 saturated carbocycles. The second kappa shape index (κ2) is 5.35. The Balaban J connectivity index is 1.88. The molecular weight excluding hydrogens is 210 g/mol. The highest BCUT2D eigenvalue weighted by molar-refractivity contribution is 7.99. The quantitative estimate of drug-likeness (QED) is 0.736. The SMILES string of the molecule is O=CCc1cnc(CC2CCSCC2)o1. The van der Waals surface area contributed by atoms with Crippen LogP contribution in [0.2, 0.25) is 0 Å². The van der Waals surface area contributed by atoms with Gasteiger partial charge in [-0.3, -0.25) is 0 Å². The molecule has 0 N–H and O–H groups in total. The zero-order valence-corrected chi connectivity index (χ0v) is 9.46. The van der Waals surface area contributed by atoms with E-state index in [0.717, 1.165) is 18.6 Å². The summed E-state index contributed by atoms with van der Waals surface area (Å²) >= 11 is 2.03. The molecule has 82 valence electrons. The van der Waals surface area contributed by atoms with Crippen LogP contribution in [0.15, 0.2) is 10.6 Å². The van der Waals surface area contributed by atoms with Gasteiger partial charge in [0, 0.05) is 6.42 Å². The van der Waals surface area contributed by atoms with Crippen LogP contribution in [0.4, 0.5) is 0 Å². The standard InChI is InChI=1S/C11H15NO2S/c13-4-1-10-8-12-11(14-10)7-9-2-5-15-6-3-9/h4,8-9H,1-3,5-7H2. The molecule has 0 aliphatic carbocycles. The maximum atomic E-state index is 10.3. The number of aromatic nitrogens is 1. The Morgan fingerprint density at radius 2 is 2.33 bits per heavy atom. The van der Waals surface area contributed by atoms with E-state index in [1.165, 1.54) is 24.3 Å². The minimum Gasteiger partial charge on any atom is -0.445 e. The molecule has 15 heavy (non-hydrogen) atoms. The number of thioether (sulfide) groups is 1. The fourth-order valence-electron chi connectivity index (χ4n) is 1.82. The highest BCUT2D eigenvalue weighted by atomic mass is 32.2. The van der Waals surface area contributed by atoms with Gasteiger partial charge in [0.1, 0.15) is 12.0 Å². The molecule has 1 aromatic heterocycles. The van der Waals surface area contributed by atoms with E-state index < -0.39 is 0 Å². The molecule has 0 unspecified atom stereocenters. The third-order valence-corrected chi connectivity index (χ3v) is 3.74. The summed E-state index contributed by atoms with van der Waals surface area (Å²) in [6.45, 7) is 0. The number of oxazole rings is 1. The summed E-state index contributed by atoms with van der Waals surface area (Å²) in [4.78, 5) is 14.5. The predicted molar refractivity (Wildman–Crippen MR) is 60.0 cm³/mol. The van der Waals surface area contributed by atoms with Gasteiger partial charge in [-0.05, 0) is 30.3 Å². The zero-order valence-electron chi connectivity index (χ0n) is 8.65. The van der Waals surface area contributed by atoms with E-state index in [0.29, 0.717) is 18.1 Å². The summed E-state index contributed by atoms with van der Waals surface area (Å²) in [6.07, 6.45) is 6.31. The summed E-state index contributed by atoms with van der Waals surface area (Å²) < 4.78 is 5.48. The fraction of sp³-hybridized carbons (Fsp3) is 0.636. The maximum Gasteiger partial charge on any atom is 0.194 e. The lowest BCUT2D eigenvalue weighted by molar-refractivity contribution is -0.107. The molecule has 0 radical (unpaired) electrons. The molecule has 0 spiro atoms. The van der Waals surface area contributed by atoms with Crippen molar-refractivity contribution < 1.29 is 9.21 Å². The van der Waals surface area contributed by atoms with Crippen molar-refractivity contribution in [2.24, 2.45) is 5.92 Å². The molecule has 1 saturated heterocycles. The number of nitrogens with zero attached hydrogens (tertiary/aromatic N) is 1. The third kappa shape index (κ3) is 3.09. The lowest BCUT2D eigenvalue weighted by Gasteiger charge is -2.19. The molecule has 2 rings (SSSR count). The second-order valence-electron chi connectivity index (χ2n) is 3.85. The first-order valence-electron chi connectivity index (χ1n) is 5.33. The van der Waals surface area contributed by atoms with Crippen molar-refractivity contribution in [1.29, 1.82) is 0 Å². The second-order valence-corrected chi connectivity index (χ2v) is 5.08. The first-order valence-corrected chi connectivity index (χ1v) is 6.49. The number of hydrogen-bond acceptors (Lipinski definition) is 4. The zero-order chi connectivity index (χ0) is 10.5. The molecule has 0 atom stereocenters. The molecule has 0 bridgehead atoms. The molecule has 1 aliphatic heterocycles. The highest BCUT2D eigenvalue weighted by Gasteiger charge is 2.16. The Morgan fingerprint density at radius 1 is 1.53 bits per heavy atom. The van der Waals surface area contributed by atoms with Gasteiger partial charge < -0.3 is 9.21 Å². The topological polar surface area (TPSA) is 43.1 Å². The van der Waals surface area contributed by atoms with Gasteiger partial charge in [-0.2, -0.15) is 11.8 Å². The first-order chi connectivity index (χ1) is 7.38.